The minimum absolute atomic E-state index is 0.00377. The van der Waals surface area contributed by atoms with Gasteiger partial charge in [0, 0.05) is 0 Å². The molecule has 2 aromatic carbocycles. The molecule has 0 bridgehead atoms. The third kappa shape index (κ3) is 5.70. The molecule has 0 aromatic heterocycles. The normalized spacial score (nSPS) is 13.1. The number of rotatable bonds is 7. The van der Waals surface area contributed by atoms with Gasteiger partial charge in [-0.3, -0.25) is 4.79 Å². The summed E-state index contributed by atoms with van der Waals surface area (Å²) in [4.78, 5) is 11.5. The number of sulfonamides is 1. The van der Waals surface area contributed by atoms with Crippen LogP contribution < -0.4 is 4.72 Å². The van der Waals surface area contributed by atoms with Gasteiger partial charge in [-0.15, -0.1) is 0 Å². The van der Waals surface area contributed by atoms with Gasteiger partial charge in [-0.2, -0.15) is 17.9 Å². The fourth-order valence-electron chi connectivity index (χ4n) is 2.38. The fourth-order valence-corrected chi connectivity index (χ4v) is 3.61. The highest BCUT2D eigenvalue weighted by molar-refractivity contribution is 7.89. The number of esters is 1. The summed E-state index contributed by atoms with van der Waals surface area (Å²) >= 11 is 0. The van der Waals surface area contributed by atoms with E-state index >= 15 is 0 Å². The molecule has 28 heavy (non-hydrogen) atoms. The molecule has 0 saturated heterocycles. The summed E-state index contributed by atoms with van der Waals surface area (Å²) in [6.07, 6.45) is -4.82. The summed E-state index contributed by atoms with van der Waals surface area (Å²) < 4.78 is 70.6. The largest absolute Gasteiger partial charge is 0.508 e. The van der Waals surface area contributed by atoms with Gasteiger partial charge in [0.15, 0.2) is 0 Å². The Hall–Kier alpha value is -2.59. The predicted molar refractivity (Wildman–Crippen MR) is 94.0 cm³/mol. The van der Waals surface area contributed by atoms with Gasteiger partial charge in [0.25, 0.3) is 0 Å². The summed E-state index contributed by atoms with van der Waals surface area (Å²) in [7, 11) is -4.43. The number of hydrogen-bond acceptors (Lipinski definition) is 5. The zero-order chi connectivity index (χ0) is 20.9. The van der Waals surface area contributed by atoms with E-state index in [4.69, 9.17) is 4.74 Å². The Morgan fingerprint density at radius 2 is 1.82 bits per heavy atom. The number of alkyl halides is 3. The lowest BCUT2D eigenvalue weighted by atomic mass is 10.1. The first-order chi connectivity index (χ1) is 13.0. The monoisotopic (exact) mass is 417 g/mol. The Morgan fingerprint density at radius 1 is 1.18 bits per heavy atom. The first-order valence-corrected chi connectivity index (χ1v) is 9.65. The van der Waals surface area contributed by atoms with Crippen molar-refractivity contribution in [3.63, 3.8) is 0 Å². The summed E-state index contributed by atoms with van der Waals surface area (Å²) in [6.45, 7) is 1.53. The minimum Gasteiger partial charge on any atom is -0.508 e. The smallest absolute Gasteiger partial charge is 0.416 e. The van der Waals surface area contributed by atoms with Crippen molar-refractivity contribution in [3.05, 3.63) is 59.7 Å². The van der Waals surface area contributed by atoms with Gasteiger partial charge < -0.3 is 9.84 Å². The van der Waals surface area contributed by atoms with E-state index in [1.165, 1.54) is 31.2 Å². The van der Waals surface area contributed by atoms with Crippen LogP contribution in [0.2, 0.25) is 0 Å². The molecule has 2 N–H and O–H groups in total. The molecule has 0 aliphatic rings. The highest BCUT2D eigenvalue weighted by atomic mass is 32.2. The molecule has 0 aliphatic carbocycles. The van der Waals surface area contributed by atoms with Gasteiger partial charge in [-0.05, 0) is 49.2 Å². The molecule has 1 atom stereocenters. The molecular weight excluding hydrogens is 399 g/mol. The molecule has 0 fully saturated rings. The minimum atomic E-state index is -4.71. The molecule has 0 amide bonds. The fraction of sp³-hybridized carbons (Fsp3) is 0.278. The maximum Gasteiger partial charge on any atom is 0.416 e. The van der Waals surface area contributed by atoms with Crippen molar-refractivity contribution in [2.75, 3.05) is 6.61 Å². The molecule has 6 nitrogen and oxygen atoms in total. The highest BCUT2D eigenvalue weighted by Gasteiger charge is 2.33. The maximum absolute atomic E-state index is 12.9. The quantitative estimate of drug-likeness (QED) is 0.676. The van der Waals surface area contributed by atoms with Crippen LogP contribution in [0.4, 0.5) is 13.2 Å². The van der Waals surface area contributed by atoms with Gasteiger partial charge in [-0.1, -0.05) is 18.2 Å². The van der Waals surface area contributed by atoms with Gasteiger partial charge in [0.2, 0.25) is 10.0 Å². The standard InChI is InChI=1S/C18H18F3NO5S/c1-2-27-17(24)16(10-12-6-8-14(23)9-7-12)22-28(25,26)15-5-3-4-13(11-15)18(19,20)21/h3-9,11,16,22-23H,2,10H2,1H3/t16-/m0/s1. The van der Waals surface area contributed by atoms with E-state index < -0.39 is 38.7 Å². The molecule has 0 spiro atoms. The van der Waals surface area contributed by atoms with E-state index in [1.807, 2.05) is 0 Å². The Bertz CT molecular complexity index is 927. The van der Waals surface area contributed by atoms with Crippen LogP contribution in [-0.2, 0) is 32.2 Å². The molecule has 0 radical (unpaired) electrons. The molecule has 0 unspecified atom stereocenters. The van der Waals surface area contributed by atoms with Crippen molar-refractivity contribution in [3.8, 4) is 5.75 Å². The van der Waals surface area contributed by atoms with E-state index in [-0.39, 0.29) is 18.8 Å². The van der Waals surface area contributed by atoms with Gasteiger partial charge in [0.1, 0.15) is 11.8 Å². The van der Waals surface area contributed by atoms with Gasteiger partial charge in [-0.25, -0.2) is 8.42 Å². The highest BCUT2D eigenvalue weighted by Crippen LogP contribution is 2.30. The lowest BCUT2D eigenvalue weighted by Gasteiger charge is -2.18. The van der Waals surface area contributed by atoms with E-state index in [0.29, 0.717) is 11.6 Å². The summed E-state index contributed by atoms with van der Waals surface area (Å²) in [5.74, 6) is -0.882. The van der Waals surface area contributed by atoms with Gasteiger partial charge in [0.05, 0.1) is 17.1 Å². The topological polar surface area (TPSA) is 92.7 Å². The SMILES string of the molecule is CCOC(=O)[C@H](Cc1ccc(O)cc1)NS(=O)(=O)c1cccc(C(F)(F)F)c1. The number of carbonyl (C=O) groups is 1. The molecule has 0 saturated carbocycles. The number of ether oxygens (including phenoxy) is 1. The number of phenolic OH excluding ortho intramolecular Hbond substituents is 1. The van der Waals surface area contributed by atoms with Crippen LogP contribution in [0.3, 0.4) is 0 Å². The van der Waals surface area contributed by atoms with Crippen LogP contribution in [0.25, 0.3) is 0 Å². The zero-order valence-electron chi connectivity index (χ0n) is 14.7. The number of nitrogens with one attached hydrogen (secondary N) is 1. The third-order valence-electron chi connectivity index (χ3n) is 3.72. The number of phenols is 1. The molecule has 2 aromatic rings. The number of hydrogen-bond donors (Lipinski definition) is 2. The maximum atomic E-state index is 12.9. The number of aromatic hydroxyl groups is 1. The Labute approximate surface area is 160 Å². The average molecular weight is 417 g/mol. The van der Waals surface area contributed by atoms with E-state index in [1.54, 1.807) is 0 Å². The van der Waals surface area contributed by atoms with E-state index in [2.05, 4.69) is 4.72 Å². The predicted octanol–water partition coefficient (Wildman–Crippen LogP) is 2.86. The van der Waals surface area contributed by atoms with Crippen molar-refractivity contribution in [1.82, 2.24) is 4.72 Å². The molecule has 152 valence electrons. The first-order valence-electron chi connectivity index (χ1n) is 8.17. The van der Waals surface area contributed by atoms with Crippen LogP contribution in [0.15, 0.2) is 53.4 Å². The lowest BCUT2D eigenvalue weighted by Crippen LogP contribution is -2.43. The second-order valence-electron chi connectivity index (χ2n) is 5.82. The summed E-state index contributed by atoms with van der Waals surface area (Å²) in [5.41, 5.74) is -0.607. The van der Waals surface area contributed by atoms with Crippen LogP contribution in [0.5, 0.6) is 5.75 Å². The second-order valence-corrected chi connectivity index (χ2v) is 7.54. The zero-order valence-corrected chi connectivity index (χ0v) is 15.5. The Kier molecular flexibility index (Phi) is 6.68. The van der Waals surface area contributed by atoms with Crippen molar-refractivity contribution in [2.45, 2.75) is 30.5 Å². The van der Waals surface area contributed by atoms with Crippen LogP contribution >= 0.6 is 0 Å². The number of halogens is 3. The molecule has 0 heterocycles. The van der Waals surface area contributed by atoms with Crippen molar-refractivity contribution < 1.29 is 36.2 Å². The van der Waals surface area contributed by atoms with Crippen molar-refractivity contribution in [2.24, 2.45) is 0 Å². The van der Waals surface area contributed by atoms with Crippen molar-refractivity contribution >= 4 is 16.0 Å². The van der Waals surface area contributed by atoms with Gasteiger partial charge >= 0.3 is 12.1 Å². The van der Waals surface area contributed by atoms with Crippen LogP contribution in [0.1, 0.15) is 18.1 Å². The molecule has 0 aliphatic heterocycles. The number of carbonyl (C=O) groups excluding carboxylic acids is 1. The van der Waals surface area contributed by atoms with Crippen molar-refractivity contribution in [1.29, 1.82) is 0 Å². The molecule has 10 heteroatoms. The summed E-state index contributed by atoms with van der Waals surface area (Å²) in [6, 6.07) is 7.54. The lowest BCUT2D eigenvalue weighted by molar-refractivity contribution is -0.145. The van der Waals surface area contributed by atoms with E-state index in [0.717, 1.165) is 18.2 Å². The first kappa shape index (κ1) is 21.7. The summed E-state index contributed by atoms with van der Waals surface area (Å²) in [5, 5.41) is 9.32. The van der Waals surface area contributed by atoms with E-state index in [9.17, 15) is 31.5 Å². The van der Waals surface area contributed by atoms with Crippen LogP contribution in [-0.4, -0.2) is 32.1 Å². The third-order valence-corrected chi connectivity index (χ3v) is 5.19. The Morgan fingerprint density at radius 3 is 2.39 bits per heavy atom. The number of benzene rings is 2. The van der Waals surface area contributed by atoms with Crippen LogP contribution in [0, 0.1) is 0 Å². The molecule has 2 rings (SSSR count). The molecular formula is C18H18F3NO5S. The Balaban J connectivity index is 2.31. The second kappa shape index (κ2) is 8.61. The average Bonchev–Trinajstić information content (AvgIpc) is 2.62.